The molecule has 0 saturated heterocycles. The molecule has 0 aliphatic heterocycles. The second-order valence-electron chi connectivity index (χ2n) is 9.23. The first kappa shape index (κ1) is 28.7. The van der Waals surface area contributed by atoms with Crippen molar-refractivity contribution in [3.63, 3.8) is 0 Å². The van der Waals surface area contributed by atoms with Gasteiger partial charge >= 0.3 is 0 Å². The maximum absolute atomic E-state index is 13.8. The molecule has 9 heteroatoms. The minimum Gasteiger partial charge on any atom is -0.497 e. The van der Waals surface area contributed by atoms with Gasteiger partial charge in [0, 0.05) is 13.6 Å². The number of likely N-dealkylation sites (N-methyl/N-ethyl adjacent to an activating group) is 1. The largest absolute Gasteiger partial charge is 0.497 e. The van der Waals surface area contributed by atoms with E-state index >= 15 is 0 Å². The Morgan fingerprint density at radius 3 is 2.16 bits per heavy atom. The molecule has 0 fully saturated rings. The molecule has 0 aliphatic carbocycles. The molecule has 0 aromatic heterocycles. The van der Waals surface area contributed by atoms with Gasteiger partial charge in [0.05, 0.1) is 17.7 Å². The Morgan fingerprint density at radius 1 is 0.921 bits per heavy atom. The summed E-state index contributed by atoms with van der Waals surface area (Å²) in [7, 11) is -1.04. The van der Waals surface area contributed by atoms with Gasteiger partial charge in [0.15, 0.2) is 0 Å². The topological polar surface area (TPSA) is 96.0 Å². The zero-order valence-corrected chi connectivity index (χ0v) is 23.2. The van der Waals surface area contributed by atoms with Gasteiger partial charge in [-0.05, 0) is 60.4 Å². The predicted molar refractivity (Wildman–Crippen MR) is 149 cm³/mol. The monoisotopic (exact) mass is 537 g/mol. The minimum absolute atomic E-state index is 0.0689. The van der Waals surface area contributed by atoms with E-state index < -0.39 is 28.5 Å². The molecule has 1 atom stereocenters. The molecule has 1 unspecified atom stereocenters. The van der Waals surface area contributed by atoms with Crippen molar-refractivity contribution in [2.75, 3.05) is 25.0 Å². The molecular weight excluding hydrogens is 502 g/mol. The Labute approximate surface area is 225 Å². The van der Waals surface area contributed by atoms with Crippen LogP contribution < -0.4 is 14.4 Å². The summed E-state index contributed by atoms with van der Waals surface area (Å²) in [4.78, 5) is 27.8. The maximum Gasteiger partial charge on any atom is 0.264 e. The average Bonchev–Trinajstić information content (AvgIpc) is 2.94. The number of anilines is 1. The first-order valence-corrected chi connectivity index (χ1v) is 13.8. The summed E-state index contributed by atoms with van der Waals surface area (Å²) in [5.74, 6) is -0.00555. The number of nitrogens with zero attached hydrogens (tertiary/aromatic N) is 2. The molecule has 1 N–H and O–H groups in total. The van der Waals surface area contributed by atoms with Crippen LogP contribution in [0.5, 0.6) is 5.75 Å². The molecule has 0 heterocycles. The molecule has 0 spiro atoms. The fourth-order valence-corrected chi connectivity index (χ4v) is 5.47. The normalized spacial score (nSPS) is 12.1. The van der Waals surface area contributed by atoms with Crippen LogP contribution in [0.2, 0.25) is 0 Å². The second kappa shape index (κ2) is 12.6. The van der Waals surface area contributed by atoms with Gasteiger partial charge in [0.1, 0.15) is 18.3 Å². The lowest BCUT2D eigenvalue weighted by molar-refractivity contribution is -0.139. The zero-order valence-electron chi connectivity index (χ0n) is 22.4. The molecule has 8 nitrogen and oxygen atoms in total. The van der Waals surface area contributed by atoms with Crippen LogP contribution in [0.15, 0.2) is 83.8 Å². The van der Waals surface area contributed by atoms with Gasteiger partial charge in [-0.25, -0.2) is 8.42 Å². The van der Waals surface area contributed by atoms with E-state index in [0.717, 1.165) is 15.4 Å². The summed E-state index contributed by atoms with van der Waals surface area (Å²) < 4.78 is 33.9. The maximum atomic E-state index is 13.8. The number of carbonyl (C=O) groups is 2. The Morgan fingerprint density at radius 2 is 1.58 bits per heavy atom. The standard InChI is InChI=1S/C29H35N3O5S/c1-21(2)24-14-16-25(17-15-24)32(38(35,36)27-12-7-6-8-13-27)20-28(33)31(22(3)29(34)30-4)19-23-10-9-11-26(18-23)37-5/h6-18,21-22H,19-20H2,1-5H3,(H,30,34). The van der Waals surface area contributed by atoms with Crippen molar-refractivity contribution in [3.05, 3.63) is 90.0 Å². The van der Waals surface area contributed by atoms with Crippen molar-refractivity contribution < 1.29 is 22.7 Å². The third-order valence-electron chi connectivity index (χ3n) is 6.36. The SMILES string of the molecule is CNC(=O)C(C)N(Cc1cccc(OC)c1)C(=O)CN(c1ccc(C(C)C)cc1)S(=O)(=O)c1ccccc1. The third-order valence-corrected chi connectivity index (χ3v) is 8.15. The van der Waals surface area contributed by atoms with Crippen LogP contribution >= 0.6 is 0 Å². The van der Waals surface area contributed by atoms with E-state index in [2.05, 4.69) is 5.32 Å². The van der Waals surface area contributed by atoms with Gasteiger partial charge in [-0.1, -0.05) is 56.3 Å². The van der Waals surface area contributed by atoms with Crippen molar-refractivity contribution in [3.8, 4) is 5.75 Å². The molecule has 38 heavy (non-hydrogen) atoms. The number of benzene rings is 3. The molecule has 0 aliphatic rings. The third kappa shape index (κ3) is 6.72. The minimum atomic E-state index is -4.09. The van der Waals surface area contributed by atoms with Gasteiger partial charge in [-0.2, -0.15) is 0 Å². The number of carbonyl (C=O) groups excluding carboxylic acids is 2. The van der Waals surface area contributed by atoms with Crippen LogP contribution in [0.1, 0.15) is 37.8 Å². The second-order valence-corrected chi connectivity index (χ2v) is 11.1. The molecule has 3 aromatic rings. The van der Waals surface area contributed by atoms with Gasteiger partial charge in [0.25, 0.3) is 10.0 Å². The Bertz CT molecular complexity index is 1340. The van der Waals surface area contributed by atoms with Crippen molar-refractivity contribution in [1.82, 2.24) is 10.2 Å². The highest BCUT2D eigenvalue weighted by atomic mass is 32.2. The van der Waals surface area contributed by atoms with Crippen molar-refractivity contribution in [2.24, 2.45) is 0 Å². The zero-order chi connectivity index (χ0) is 27.9. The van der Waals surface area contributed by atoms with Crippen LogP contribution in [-0.4, -0.2) is 51.9 Å². The number of sulfonamides is 1. The van der Waals surface area contributed by atoms with E-state index in [1.165, 1.54) is 24.1 Å². The van der Waals surface area contributed by atoms with Crippen LogP contribution in [0.25, 0.3) is 0 Å². The van der Waals surface area contributed by atoms with E-state index in [9.17, 15) is 18.0 Å². The summed E-state index contributed by atoms with van der Waals surface area (Å²) in [6.07, 6.45) is 0. The summed E-state index contributed by atoms with van der Waals surface area (Å²) in [5, 5.41) is 2.58. The molecule has 0 saturated carbocycles. The quantitative estimate of drug-likeness (QED) is 0.396. The number of hydrogen-bond acceptors (Lipinski definition) is 5. The Balaban J connectivity index is 2.03. The van der Waals surface area contributed by atoms with E-state index in [1.807, 2.05) is 32.0 Å². The van der Waals surface area contributed by atoms with Crippen LogP contribution in [-0.2, 0) is 26.2 Å². The van der Waals surface area contributed by atoms with E-state index in [0.29, 0.717) is 11.4 Å². The fourth-order valence-electron chi connectivity index (χ4n) is 4.03. The summed E-state index contributed by atoms with van der Waals surface area (Å²) in [6.45, 7) is 5.32. The fraction of sp³-hybridized carbons (Fsp3) is 0.310. The molecule has 202 valence electrons. The first-order chi connectivity index (χ1) is 18.1. The van der Waals surface area contributed by atoms with Crippen molar-refractivity contribution in [1.29, 1.82) is 0 Å². The molecule has 2 amide bonds. The van der Waals surface area contributed by atoms with Crippen molar-refractivity contribution in [2.45, 2.75) is 44.2 Å². The number of amides is 2. The Kier molecular flexibility index (Phi) is 9.52. The van der Waals surface area contributed by atoms with E-state index in [-0.39, 0.29) is 23.3 Å². The van der Waals surface area contributed by atoms with E-state index in [4.69, 9.17) is 4.74 Å². The summed E-state index contributed by atoms with van der Waals surface area (Å²) >= 11 is 0. The number of hydrogen-bond donors (Lipinski definition) is 1. The number of rotatable bonds is 11. The number of ether oxygens (including phenoxy) is 1. The van der Waals surface area contributed by atoms with Crippen LogP contribution in [0.4, 0.5) is 5.69 Å². The molecule has 0 radical (unpaired) electrons. The lowest BCUT2D eigenvalue weighted by Crippen LogP contribution is -2.50. The molecule has 3 aromatic carbocycles. The number of nitrogens with one attached hydrogen (secondary N) is 1. The highest BCUT2D eigenvalue weighted by molar-refractivity contribution is 7.92. The first-order valence-electron chi connectivity index (χ1n) is 12.4. The molecule has 3 rings (SSSR count). The highest BCUT2D eigenvalue weighted by Gasteiger charge is 2.32. The summed E-state index contributed by atoms with van der Waals surface area (Å²) in [5.41, 5.74) is 2.15. The smallest absolute Gasteiger partial charge is 0.264 e. The van der Waals surface area contributed by atoms with Crippen LogP contribution in [0, 0.1) is 0 Å². The van der Waals surface area contributed by atoms with Gasteiger partial charge in [-0.15, -0.1) is 0 Å². The van der Waals surface area contributed by atoms with Crippen LogP contribution in [0.3, 0.4) is 0 Å². The number of methoxy groups -OCH3 is 1. The average molecular weight is 538 g/mol. The molecular formula is C29H35N3O5S. The van der Waals surface area contributed by atoms with E-state index in [1.54, 1.807) is 62.6 Å². The van der Waals surface area contributed by atoms with Gasteiger partial charge in [-0.3, -0.25) is 13.9 Å². The highest BCUT2D eigenvalue weighted by Crippen LogP contribution is 2.27. The lowest BCUT2D eigenvalue weighted by atomic mass is 10.0. The Hall–Kier alpha value is -3.85. The molecule has 0 bridgehead atoms. The summed E-state index contributed by atoms with van der Waals surface area (Å²) in [6, 6.07) is 21.5. The van der Waals surface area contributed by atoms with Gasteiger partial charge in [0.2, 0.25) is 11.8 Å². The van der Waals surface area contributed by atoms with Crippen molar-refractivity contribution >= 4 is 27.5 Å². The van der Waals surface area contributed by atoms with Gasteiger partial charge < -0.3 is 15.0 Å². The lowest BCUT2D eigenvalue weighted by Gasteiger charge is -2.32. The predicted octanol–water partition coefficient (Wildman–Crippen LogP) is 4.18.